The Morgan fingerprint density at radius 1 is 1.11 bits per heavy atom. The molecule has 0 spiro atoms. The molecule has 0 saturated carbocycles. The van der Waals surface area contributed by atoms with Crippen LogP contribution in [0.4, 0.5) is 11.4 Å². The topological polar surface area (TPSA) is 163 Å². The number of carbonyl (C=O) groups is 3. The summed E-state index contributed by atoms with van der Waals surface area (Å²) in [6.07, 6.45) is 3.81. The number of nitrogen functional groups attached to an aromatic ring is 1. The molecule has 0 aliphatic rings. The Morgan fingerprint density at radius 2 is 1.81 bits per heavy atom. The lowest BCUT2D eigenvalue weighted by atomic mass is 10.0. The van der Waals surface area contributed by atoms with Gasteiger partial charge in [-0.2, -0.15) is 4.37 Å². The lowest BCUT2D eigenvalue weighted by Crippen LogP contribution is -2.44. The molecule has 196 valence electrons. The zero-order valence-electron chi connectivity index (χ0n) is 21.1. The van der Waals surface area contributed by atoms with Gasteiger partial charge < -0.3 is 26.3 Å². The highest BCUT2D eigenvalue weighted by Gasteiger charge is 2.37. The van der Waals surface area contributed by atoms with Gasteiger partial charge in [-0.3, -0.25) is 24.3 Å². The van der Waals surface area contributed by atoms with Gasteiger partial charge in [0, 0.05) is 25.0 Å². The molecular formula is C25H30N6O5S. The van der Waals surface area contributed by atoms with Crippen LogP contribution < -0.4 is 31.2 Å². The molecule has 0 fully saturated rings. The van der Waals surface area contributed by atoms with Gasteiger partial charge >= 0.3 is 0 Å². The summed E-state index contributed by atoms with van der Waals surface area (Å²) in [5, 5.41) is 2.93. The normalized spacial score (nSPS) is 11.6. The van der Waals surface area contributed by atoms with E-state index in [1.54, 1.807) is 30.3 Å². The molecule has 3 rings (SSSR count). The van der Waals surface area contributed by atoms with Gasteiger partial charge in [-0.05, 0) is 53.7 Å². The molecule has 0 aliphatic heterocycles. The largest absolute Gasteiger partial charge is 0.497 e. The summed E-state index contributed by atoms with van der Waals surface area (Å²) in [5.74, 6) is -0.812. The molecule has 0 bridgehead atoms. The number of nitrogens with two attached hydrogens (primary N) is 2. The minimum absolute atomic E-state index is 0.0410. The van der Waals surface area contributed by atoms with Crippen molar-refractivity contribution < 1.29 is 23.9 Å². The number of hydrogen-bond acceptors (Lipinski definition) is 9. The molecule has 0 aliphatic carbocycles. The maximum absolute atomic E-state index is 14.1. The number of pyridine rings is 1. The molecule has 0 saturated heterocycles. The summed E-state index contributed by atoms with van der Waals surface area (Å²) in [5.41, 5.74) is 11.9. The molecule has 11 nitrogen and oxygen atoms in total. The molecule has 2 heterocycles. The van der Waals surface area contributed by atoms with Crippen LogP contribution in [0.2, 0.25) is 0 Å². The number of hydrogen-bond donors (Lipinski definition) is 3. The van der Waals surface area contributed by atoms with E-state index in [-0.39, 0.29) is 27.7 Å². The number of aromatic nitrogens is 2. The second-order valence-electron chi connectivity index (χ2n) is 8.51. The van der Waals surface area contributed by atoms with Crippen LogP contribution in [0, 0.1) is 5.92 Å². The smallest absolute Gasteiger partial charge is 0.273 e. The number of anilines is 2. The van der Waals surface area contributed by atoms with E-state index in [0.717, 1.165) is 18.0 Å². The van der Waals surface area contributed by atoms with Gasteiger partial charge in [0.15, 0.2) is 5.69 Å². The SMILES string of the molecule is COc1ccc(N(C(=O)c2snc(C(N)=O)c2N)[C@@H](C(=O)NCCC(C)C)c2ccncc2)c(OC)c1. The third-order valence-corrected chi connectivity index (χ3v) is 6.42. The molecule has 12 heteroatoms. The predicted octanol–water partition coefficient (Wildman–Crippen LogP) is 2.79. The first kappa shape index (κ1) is 27.4. The van der Waals surface area contributed by atoms with E-state index in [0.29, 0.717) is 23.8 Å². The summed E-state index contributed by atoms with van der Waals surface area (Å²) in [6.45, 7) is 4.51. The van der Waals surface area contributed by atoms with Crippen molar-refractivity contribution in [3.05, 3.63) is 58.9 Å². The van der Waals surface area contributed by atoms with E-state index in [2.05, 4.69) is 14.7 Å². The standard InChI is InChI=1S/C25H30N6O5S/c1-14(2)7-12-29-24(33)21(15-8-10-28-11-9-15)31(17-6-5-16(35-3)13-18(17)36-4)25(34)22-19(26)20(23(27)32)30-37-22/h5-6,8-11,13-14,21H,7,12,26H2,1-4H3,(H2,27,32)(H,29,33)/t21-/m1/s1. The van der Waals surface area contributed by atoms with Gasteiger partial charge in [0.1, 0.15) is 22.4 Å². The van der Waals surface area contributed by atoms with Crippen LogP contribution in [0.5, 0.6) is 11.5 Å². The van der Waals surface area contributed by atoms with Crippen molar-refractivity contribution in [1.82, 2.24) is 14.7 Å². The zero-order chi connectivity index (χ0) is 27.1. The van der Waals surface area contributed by atoms with Crippen molar-refractivity contribution in [2.45, 2.75) is 26.3 Å². The van der Waals surface area contributed by atoms with Gasteiger partial charge in [-0.15, -0.1) is 0 Å². The maximum atomic E-state index is 14.1. The minimum Gasteiger partial charge on any atom is -0.497 e. The van der Waals surface area contributed by atoms with E-state index in [9.17, 15) is 14.4 Å². The first-order chi connectivity index (χ1) is 17.7. The summed E-state index contributed by atoms with van der Waals surface area (Å²) in [7, 11) is 2.94. The van der Waals surface area contributed by atoms with Crippen LogP contribution >= 0.6 is 11.5 Å². The van der Waals surface area contributed by atoms with Crippen molar-refractivity contribution in [3.63, 3.8) is 0 Å². The van der Waals surface area contributed by atoms with Crippen molar-refractivity contribution in [2.75, 3.05) is 31.4 Å². The molecule has 2 aromatic heterocycles. The maximum Gasteiger partial charge on any atom is 0.273 e. The highest BCUT2D eigenvalue weighted by atomic mass is 32.1. The number of ether oxygens (including phenoxy) is 2. The van der Waals surface area contributed by atoms with Crippen molar-refractivity contribution in [1.29, 1.82) is 0 Å². The third kappa shape index (κ3) is 6.15. The van der Waals surface area contributed by atoms with Crippen molar-refractivity contribution in [3.8, 4) is 11.5 Å². The molecule has 1 atom stereocenters. The van der Waals surface area contributed by atoms with Gasteiger partial charge in [0.2, 0.25) is 5.91 Å². The van der Waals surface area contributed by atoms with Crippen LogP contribution in [-0.4, -0.2) is 47.8 Å². The fourth-order valence-corrected chi connectivity index (χ4v) is 4.37. The highest BCUT2D eigenvalue weighted by molar-refractivity contribution is 7.09. The van der Waals surface area contributed by atoms with Crippen LogP contribution in [0.15, 0.2) is 42.7 Å². The number of nitrogens with zero attached hydrogens (tertiary/aromatic N) is 3. The Bertz CT molecular complexity index is 1260. The van der Waals surface area contributed by atoms with Crippen molar-refractivity contribution >= 4 is 40.6 Å². The molecular weight excluding hydrogens is 496 g/mol. The first-order valence-corrected chi connectivity index (χ1v) is 12.2. The first-order valence-electron chi connectivity index (χ1n) is 11.5. The Morgan fingerprint density at radius 3 is 2.38 bits per heavy atom. The van der Waals surface area contributed by atoms with Gasteiger partial charge in [-0.25, -0.2) is 0 Å². The molecule has 3 aromatic rings. The molecule has 0 unspecified atom stereocenters. The lowest BCUT2D eigenvalue weighted by Gasteiger charge is -2.32. The Labute approximate surface area is 218 Å². The van der Waals surface area contributed by atoms with Gasteiger partial charge in [0.05, 0.1) is 25.6 Å². The number of methoxy groups -OCH3 is 2. The average molecular weight is 527 g/mol. The average Bonchev–Trinajstić information content (AvgIpc) is 3.28. The number of nitrogens with one attached hydrogen (secondary N) is 1. The zero-order valence-corrected chi connectivity index (χ0v) is 21.9. The monoisotopic (exact) mass is 526 g/mol. The lowest BCUT2D eigenvalue weighted by molar-refractivity contribution is -0.122. The van der Waals surface area contributed by atoms with Crippen LogP contribution in [0.1, 0.15) is 52.0 Å². The van der Waals surface area contributed by atoms with E-state index < -0.39 is 23.8 Å². The number of rotatable bonds is 11. The second-order valence-corrected chi connectivity index (χ2v) is 9.28. The van der Waals surface area contributed by atoms with E-state index >= 15 is 0 Å². The fourth-order valence-electron chi connectivity index (χ4n) is 3.63. The van der Waals surface area contributed by atoms with Crippen LogP contribution in [-0.2, 0) is 4.79 Å². The number of amides is 3. The number of primary amides is 1. The van der Waals surface area contributed by atoms with E-state index in [1.807, 2.05) is 13.8 Å². The quantitative estimate of drug-likeness (QED) is 0.343. The summed E-state index contributed by atoms with van der Waals surface area (Å²) in [6, 6.07) is 7.01. The summed E-state index contributed by atoms with van der Waals surface area (Å²) in [4.78, 5) is 44.8. The predicted molar refractivity (Wildman–Crippen MR) is 141 cm³/mol. The Balaban J connectivity index is 2.22. The summed E-state index contributed by atoms with van der Waals surface area (Å²) < 4.78 is 14.8. The molecule has 1 aromatic carbocycles. The van der Waals surface area contributed by atoms with Crippen molar-refractivity contribution in [2.24, 2.45) is 11.7 Å². The molecule has 37 heavy (non-hydrogen) atoms. The second kappa shape index (κ2) is 12.2. The fraction of sp³-hybridized carbons (Fsp3) is 0.320. The molecule has 5 N–H and O–H groups in total. The molecule has 3 amide bonds. The molecule has 0 radical (unpaired) electrons. The van der Waals surface area contributed by atoms with Crippen LogP contribution in [0.3, 0.4) is 0 Å². The highest BCUT2D eigenvalue weighted by Crippen LogP contribution is 2.39. The van der Waals surface area contributed by atoms with Gasteiger partial charge in [-0.1, -0.05) is 13.8 Å². The minimum atomic E-state index is -1.14. The van der Waals surface area contributed by atoms with Gasteiger partial charge in [0.25, 0.3) is 11.8 Å². The van der Waals surface area contributed by atoms with E-state index in [4.69, 9.17) is 20.9 Å². The number of benzene rings is 1. The Kier molecular flexibility index (Phi) is 9.01. The van der Waals surface area contributed by atoms with E-state index in [1.165, 1.54) is 31.5 Å². The number of carbonyl (C=O) groups excluding carboxylic acids is 3. The third-order valence-electron chi connectivity index (χ3n) is 5.57. The Hall–Kier alpha value is -4.19. The summed E-state index contributed by atoms with van der Waals surface area (Å²) >= 11 is 0.726. The van der Waals surface area contributed by atoms with Crippen LogP contribution in [0.25, 0.3) is 0 Å².